The van der Waals surface area contributed by atoms with E-state index in [1.54, 1.807) is 13.1 Å². The first-order valence-electron chi connectivity index (χ1n) is 7.03. The summed E-state index contributed by atoms with van der Waals surface area (Å²) in [6.07, 6.45) is 3.31. The van der Waals surface area contributed by atoms with Crippen LogP contribution in [-0.4, -0.2) is 7.05 Å². The molecule has 1 aliphatic rings. The third-order valence-electron chi connectivity index (χ3n) is 3.82. The molecule has 0 aromatic heterocycles. The molecule has 0 aliphatic heterocycles. The number of hydrogen-bond acceptors (Lipinski definition) is 1. The average Bonchev–Trinajstić information content (AvgIpc) is 2.45. The molecule has 0 saturated heterocycles. The summed E-state index contributed by atoms with van der Waals surface area (Å²) in [5, 5.41) is 3.14. The molecule has 1 nitrogen and oxygen atoms in total. The molecule has 1 aliphatic carbocycles. The number of alkyl halides is 3. The van der Waals surface area contributed by atoms with Crippen molar-refractivity contribution in [2.45, 2.75) is 44.3 Å². The maximum absolute atomic E-state index is 12.8. The lowest BCUT2D eigenvalue weighted by Gasteiger charge is -2.21. The quantitative estimate of drug-likeness (QED) is 0.778. The van der Waals surface area contributed by atoms with Crippen molar-refractivity contribution in [3.63, 3.8) is 0 Å². The van der Waals surface area contributed by atoms with Crippen LogP contribution in [0.4, 0.5) is 13.2 Å². The van der Waals surface area contributed by atoms with Crippen molar-refractivity contribution in [2.24, 2.45) is 0 Å². The van der Waals surface area contributed by atoms with Crippen LogP contribution in [0.25, 0.3) is 0 Å². The minimum Gasteiger partial charge on any atom is -0.313 e. The van der Waals surface area contributed by atoms with Crippen LogP contribution in [0.3, 0.4) is 0 Å². The highest BCUT2D eigenvalue weighted by molar-refractivity contribution is 5.29. The molecule has 0 bridgehead atoms. The Morgan fingerprint density at radius 2 is 2.05 bits per heavy atom. The number of allylic oxidation sites excluding steroid dienone is 1. The Kier molecular flexibility index (Phi) is 4.86. The van der Waals surface area contributed by atoms with Gasteiger partial charge in [-0.1, -0.05) is 23.8 Å². The van der Waals surface area contributed by atoms with E-state index >= 15 is 0 Å². The van der Waals surface area contributed by atoms with Crippen LogP contribution in [0.1, 0.15) is 49.3 Å². The Morgan fingerprint density at radius 1 is 1.25 bits per heavy atom. The van der Waals surface area contributed by atoms with E-state index in [1.165, 1.54) is 30.5 Å². The topological polar surface area (TPSA) is 12.0 Å². The van der Waals surface area contributed by atoms with Gasteiger partial charge in [0, 0.05) is 6.04 Å². The minimum absolute atomic E-state index is 0.0540. The van der Waals surface area contributed by atoms with Crippen LogP contribution >= 0.6 is 0 Å². The standard InChI is InChI=1S/C16H20F3N/c1-20-15(10-12-6-3-2-4-7-12)13-8-5-9-14(11-13)16(17,18)19/h5-6,8-9,11,15,20H,2-4,7,10H2,1H3. The normalized spacial score (nSPS) is 17.7. The molecule has 0 fully saturated rings. The lowest BCUT2D eigenvalue weighted by atomic mass is 9.91. The van der Waals surface area contributed by atoms with Crippen molar-refractivity contribution in [2.75, 3.05) is 7.05 Å². The lowest BCUT2D eigenvalue weighted by Crippen LogP contribution is -2.18. The maximum Gasteiger partial charge on any atom is 0.416 e. The predicted octanol–water partition coefficient (Wildman–Crippen LogP) is 4.86. The van der Waals surface area contributed by atoms with Gasteiger partial charge in [-0.15, -0.1) is 0 Å². The van der Waals surface area contributed by atoms with Crippen molar-refractivity contribution in [1.29, 1.82) is 0 Å². The third-order valence-corrected chi connectivity index (χ3v) is 3.82. The van der Waals surface area contributed by atoms with Crippen LogP contribution < -0.4 is 5.32 Å². The molecule has 0 spiro atoms. The van der Waals surface area contributed by atoms with E-state index < -0.39 is 11.7 Å². The number of benzene rings is 1. The number of nitrogens with one attached hydrogen (secondary N) is 1. The van der Waals surface area contributed by atoms with Crippen molar-refractivity contribution in [3.8, 4) is 0 Å². The second kappa shape index (κ2) is 6.44. The van der Waals surface area contributed by atoms with Crippen molar-refractivity contribution in [3.05, 3.63) is 47.0 Å². The summed E-state index contributed by atoms with van der Waals surface area (Å²) < 4.78 is 38.3. The first kappa shape index (κ1) is 15.1. The summed E-state index contributed by atoms with van der Waals surface area (Å²) in [6, 6.07) is 5.57. The highest BCUT2D eigenvalue weighted by Crippen LogP contribution is 2.33. The first-order valence-corrected chi connectivity index (χ1v) is 7.03. The van der Waals surface area contributed by atoms with Crippen molar-refractivity contribution < 1.29 is 13.2 Å². The Hall–Kier alpha value is -1.29. The number of hydrogen-bond donors (Lipinski definition) is 1. The van der Waals surface area contributed by atoms with Gasteiger partial charge in [0.25, 0.3) is 0 Å². The molecule has 20 heavy (non-hydrogen) atoms. The summed E-state index contributed by atoms with van der Waals surface area (Å²) in [5.74, 6) is 0. The smallest absolute Gasteiger partial charge is 0.313 e. The zero-order valence-corrected chi connectivity index (χ0v) is 11.6. The van der Waals surface area contributed by atoms with Crippen LogP contribution in [0.2, 0.25) is 0 Å². The lowest BCUT2D eigenvalue weighted by molar-refractivity contribution is -0.137. The second-order valence-corrected chi connectivity index (χ2v) is 5.28. The monoisotopic (exact) mass is 283 g/mol. The van der Waals surface area contributed by atoms with Gasteiger partial charge < -0.3 is 5.32 Å². The SMILES string of the molecule is CNC(CC1=CCCCC1)c1cccc(C(F)(F)F)c1. The zero-order valence-electron chi connectivity index (χ0n) is 11.6. The molecule has 1 aromatic carbocycles. The van der Waals surface area contributed by atoms with E-state index in [9.17, 15) is 13.2 Å². The van der Waals surface area contributed by atoms with Crippen LogP contribution in [0.5, 0.6) is 0 Å². The van der Waals surface area contributed by atoms with E-state index in [2.05, 4.69) is 11.4 Å². The average molecular weight is 283 g/mol. The van der Waals surface area contributed by atoms with E-state index in [0.717, 1.165) is 25.3 Å². The largest absolute Gasteiger partial charge is 0.416 e. The van der Waals surface area contributed by atoms with Gasteiger partial charge in [-0.25, -0.2) is 0 Å². The van der Waals surface area contributed by atoms with Gasteiger partial charge in [0.1, 0.15) is 0 Å². The van der Waals surface area contributed by atoms with Gasteiger partial charge in [-0.3, -0.25) is 0 Å². The van der Waals surface area contributed by atoms with E-state index in [0.29, 0.717) is 5.56 Å². The molecule has 4 heteroatoms. The van der Waals surface area contributed by atoms with Crippen LogP contribution in [0.15, 0.2) is 35.9 Å². The summed E-state index contributed by atoms with van der Waals surface area (Å²) in [4.78, 5) is 0. The molecule has 1 unspecified atom stereocenters. The number of rotatable bonds is 4. The Labute approximate surface area is 117 Å². The first-order chi connectivity index (χ1) is 9.50. The van der Waals surface area contributed by atoms with Gasteiger partial charge in [0.05, 0.1) is 5.56 Å². The Bertz CT molecular complexity index is 477. The van der Waals surface area contributed by atoms with Crippen molar-refractivity contribution in [1.82, 2.24) is 5.32 Å². The van der Waals surface area contributed by atoms with Gasteiger partial charge in [-0.05, 0) is 56.8 Å². The fourth-order valence-electron chi connectivity index (χ4n) is 2.67. The van der Waals surface area contributed by atoms with Gasteiger partial charge in [0.2, 0.25) is 0 Å². The molecule has 0 heterocycles. The van der Waals surface area contributed by atoms with Gasteiger partial charge in [-0.2, -0.15) is 13.2 Å². The minimum atomic E-state index is -4.28. The van der Waals surface area contributed by atoms with E-state index in [-0.39, 0.29) is 6.04 Å². The third kappa shape index (κ3) is 3.85. The maximum atomic E-state index is 12.8. The fraction of sp³-hybridized carbons (Fsp3) is 0.500. The predicted molar refractivity (Wildman–Crippen MR) is 74.4 cm³/mol. The van der Waals surface area contributed by atoms with Crippen LogP contribution in [0, 0.1) is 0 Å². The van der Waals surface area contributed by atoms with E-state index in [1.807, 2.05) is 0 Å². The van der Waals surface area contributed by atoms with E-state index in [4.69, 9.17) is 0 Å². The summed E-state index contributed by atoms with van der Waals surface area (Å²) in [6.45, 7) is 0. The molecule has 0 radical (unpaired) electrons. The summed E-state index contributed by atoms with van der Waals surface area (Å²) in [5.41, 5.74) is 1.48. The highest BCUT2D eigenvalue weighted by atomic mass is 19.4. The summed E-state index contributed by atoms with van der Waals surface area (Å²) in [7, 11) is 1.80. The molecule has 1 atom stereocenters. The molecule has 0 saturated carbocycles. The Balaban J connectivity index is 2.16. The van der Waals surface area contributed by atoms with Crippen molar-refractivity contribution >= 4 is 0 Å². The zero-order chi connectivity index (χ0) is 14.6. The molecular weight excluding hydrogens is 263 g/mol. The number of halogens is 3. The Morgan fingerprint density at radius 3 is 2.65 bits per heavy atom. The van der Waals surface area contributed by atoms with Gasteiger partial charge in [0.15, 0.2) is 0 Å². The van der Waals surface area contributed by atoms with Gasteiger partial charge >= 0.3 is 6.18 Å². The second-order valence-electron chi connectivity index (χ2n) is 5.28. The van der Waals surface area contributed by atoms with Crippen LogP contribution in [-0.2, 0) is 6.18 Å². The molecular formula is C16H20F3N. The molecule has 1 N–H and O–H groups in total. The molecule has 110 valence electrons. The molecule has 1 aromatic rings. The fourth-order valence-corrected chi connectivity index (χ4v) is 2.67. The molecule has 0 amide bonds. The summed E-state index contributed by atoms with van der Waals surface area (Å²) >= 11 is 0. The molecule has 2 rings (SSSR count). The highest BCUT2D eigenvalue weighted by Gasteiger charge is 2.30.